The molecule has 7 heteroatoms. The van der Waals surface area contributed by atoms with Crippen LogP contribution >= 0.6 is 0 Å². The third kappa shape index (κ3) is 6.45. The Kier molecular flexibility index (Phi) is 7.88. The van der Waals surface area contributed by atoms with Gasteiger partial charge in [-0.25, -0.2) is 0 Å². The van der Waals surface area contributed by atoms with Gasteiger partial charge in [-0.1, -0.05) is 6.07 Å². The molecule has 0 spiro atoms. The van der Waals surface area contributed by atoms with Crippen molar-refractivity contribution in [3.8, 4) is 11.5 Å². The minimum atomic E-state index is -0.221. The molecule has 0 bridgehead atoms. The Morgan fingerprint density at radius 2 is 1.89 bits per heavy atom. The van der Waals surface area contributed by atoms with E-state index in [1.807, 2.05) is 38.4 Å². The van der Waals surface area contributed by atoms with Gasteiger partial charge in [-0.3, -0.25) is 9.78 Å². The predicted octanol–water partition coefficient (Wildman–Crippen LogP) is 2.39. The van der Waals surface area contributed by atoms with Crippen molar-refractivity contribution in [1.82, 2.24) is 15.2 Å². The van der Waals surface area contributed by atoms with E-state index in [4.69, 9.17) is 9.47 Å². The van der Waals surface area contributed by atoms with Gasteiger partial charge in [0, 0.05) is 25.0 Å². The van der Waals surface area contributed by atoms with E-state index in [9.17, 15) is 4.79 Å². The van der Waals surface area contributed by atoms with Gasteiger partial charge < -0.3 is 25.0 Å². The van der Waals surface area contributed by atoms with E-state index in [0.29, 0.717) is 23.7 Å². The standard InChI is InChI=1S/C20H28N4O3/c1-24(2)11-5-9-21-16-8-10-22-17(13-16)20(25)23-14-15-6-7-18(26-3)19(12-15)27-4/h6-8,10,12-13H,5,9,11,14H2,1-4H3,(H,21,22)(H,23,25). The van der Waals surface area contributed by atoms with Crippen LogP contribution in [-0.2, 0) is 6.54 Å². The number of methoxy groups -OCH3 is 2. The molecular weight excluding hydrogens is 344 g/mol. The van der Waals surface area contributed by atoms with Gasteiger partial charge in [-0.15, -0.1) is 0 Å². The van der Waals surface area contributed by atoms with Crippen LogP contribution in [0.5, 0.6) is 11.5 Å². The smallest absolute Gasteiger partial charge is 0.270 e. The Morgan fingerprint density at radius 1 is 1.11 bits per heavy atom. The summed E-state index contributed by atoms with van der Waals surface area (Å²) in [4.78, 5) is 18.7. The first-order valence-corrected chi connectivity index (χ1v) is 8.87. The molecule has 0 saturated heterocycles. The molecule has 7 nitrogen and oxygen atoms in total. The highest BCUT2D eigenvalue weighted by atomic mass is 16.5. The van der Waals surface area contributed by atoms with Crippen LogP contribution in [0.4, 0.5) is 5.69 Å². The summed E-state index contributed by atoms with van der Waals surface area (Å²) in [7, 11) is 7.27. The molecule has 1 aromatic heterocycles. The maximum Gasteiger partial charge on any atom is 0.270 e. The number of hydrogen-bond acceptors (Lipinski definition) is 6. The van der Waals surface area contributed by atoms with E-state index < -0.39 is 0 Å². The average molecular weight is 372 g/mol. The molecule has 0 aliphatic heterocycles. The van der Waals surface area contributed by atoms with Crippen LogP contribution in [0.25, 0.3) is 0 Å². The van der Waals surface area contributed by atoms with E-state index in [0.717, 1.165) is 30.8 Å². The van der Waals surface area contributed by atoms with Crippen LogP contribution in [0.15, 0.2) is 36.5 Å². The van der Waals surface area contributed by atoms with E-state index in [-0.39, 0.29) is 5.91 Å². The lowest BCUT2D eigenvalue weighted by atomic mass is 10.2. The van der Waals surface area contributed by atoms with Gasteiger partial charge in [-0.2, -0.15) is 0 Å². The van der Waals surface area contributed by atoms with E-state index in [1.165, 1.54) is 0 Å². The summed E-state index contributed by atoms with van der Waals surface area (Å²) in [6.07, 6.45) is 2.66. The first-order valence-electron chi connectivity index (χ1n) is 8.87. The second kappa shape index (κ2) is 10.4. The maximum atomic E-state index is 12.4. The lowest BCUT2D eigenvalue weighted by Crippen LogP contribution is -2.24. The molecular formula is C20H28N4O3. The average Bonchev–Trinajstić information content (AvgIpc) is 2.69. The molecule has 1 aromatic carbocycles. The van der Waals surface area contributed by atoms with Crippen LogP contribution < -0.4 is 20.1 Å². The Balaban J connectivity index is 1.91. The number of amides is 1. The van der Waals surface area contributed by atoms with Gasteiger partial charge in [0.25, 0.3) is 5.91 Å². The number of anilines is 1. The second-order valence-corrected chi connectivity index (χ2v) is 6.39. The summed E-state index contributed by atoms with van der Waals surface area (Å²) >= 11 is 0. The Morgan fingerprint density at radius 3 is 2.59 bits per heavy atom. The Labute approximate surface area is 160 Å². The molecule has 0 fully saturated rings. The largest absolute Gasteiger partial charge is 0.493 e. The van der Waals surface area contributed by atoms with E-state index in [1.54, 1.807) is 26.5 Å². The summed E-state index contributed by atoms with van der Waals surface area (Å²) in [6, 6.07) is 9.17. The van der Waals surface area contributed by atoms with Gasteiger partial charge in [0.1, 0.15) is 5.69 Å². The SMILES string of the molecule is COc1ccc(CNC(=O)c2cc(NCCCN(C)C)ccn2)cc1OC. The van der Waals surface area contributed by atoms with Crippen molar-refractivity contribution < 1.29 is 14.3 Å². The molecule has 0 radical (unpaired) electrons. The fourth-order valence-electron chi connectivity index (χ4n) is 2.56. The lowest BCUT2D eigenvalue weighted by Gasteiger charge is -2.12. The first kappa shape index (κ1) is 20.5. The monoisotopic (exact) mass is 372 g/mol. The van der Waals surface area contributed by atoms with Crippen LogP contribution in [0.2, 0.25) is 0 Å². The summed E-state index contributed by atoms with van der Waals surface area (Å²) in [5.41, 5.74) is 2.19. The molecule has 0 unspecified atom stereocenters. The van der Waals surface area contributed by atoms with Crippen LogP contribution in [0.3, 0.4) is 0 Å². The number of nitrogens with one attached hydrogen (secondary N) is 2. The zero-order valence-electron chi connectivity index (χ0n) is 16.4. The Hall–Kier alpha value is -2.80. The molecule has 0 aliphatic carbocycles. The van der Waals surface area contributed by atoms with Crippen molar-refractivity contribution in [3.63, 3.8) is 0 Å². The molecule has 0 atom stereocenters. The van der Waals surface area contributed by atoms with Crippen LogP contribution in [0.1, 0.15) is 22.5 Å². The number of ether oxygens (including phenoxy) is 2. The second-order valence-electron chi connectivity index (χ2n) is 6.39. The van der Waals surface area contributed by atoms with Crippen molar-refractivity contribution in [2.45, 2.75) is 13.0 Å². The van der Waals surface area contributed by atoms with Crippen molar-refractivity contribution in [2.24, 2.45) is 0 Å². The van der Waals surface area contributed by atoms with E-state index in [2.05, 4.69) is 20.5 Å². The minimum Gasteiger partial charge on any atom is -0.493 e. The highest BCUT2D eigenvalue weighted by Crippen LogP contribution is 2.27. The molecule has 1 heterocycles. The van der Waals surface area contributed by atoms with Crippen LogP contribution in [-0.4, -0.2) is 57.2 Å². The predicted molar refractivity (Wildman–Crippen MR) is 107 cm³/mol. The highest BCUT2D eigenvalue weighted by Gasteiger charge is 2.09. The minimum absolute atomic E-state index is 0.221. The molecule has 27 heavy (non-hydrogen) atoms. The number of pyridine rings is 1. The summed E-state index contributed by atoms with van der Waals surface area (Å²) in [5, 5.41) is 6.20. The number of nitrogens with zero attached hydrogens (tertiary/aromatic N) is 2. The first-order chi connectivity index (χ1) is 13.0. The van der Waals surface area contributed by atoms with Crippen LogP contribution in [0, 0.1) is 0 Å². The normalized spacial score (nSPS) is 10.6. The number of rotatable bonds is 10. The van der Waals surface area contributed by atoms with Gasteiger partial charge in [0.15, 0.2) is 11.5 Å². The zero-order valence-corrected chi connectivity index (χ0v) is 16.4. The number of aromatic nitrogens is 1. The molecule has 146 valence electrons. The summed E-state index contributed by atoms with van der Waals surface area (Å²) < 4.78 is 10.5. The molecule has 2 rings (SSSR count). The fourth-order valence-corrected chi connectivity index (χ4v) is 2.56. The molecule has 0 saturated carbocycles. The molecule has 2 N–H and O–H groups in total. The van der Waals surface area contributed by atoms with Crippen molar-refractivity contribution in [1.29, 1.82) is 0 Å². The topological polar surface area (TPSA) is 75.7 Å². The molecule has 0 aliphatic rings. The van der Waals surface area contributed by atoms with Crippen molar-refractivity contribution in [2.75, 3.05) is 46.7 Å². The Bertz CT molecular complexity index is 750. The molecule has 1 amide bonds. The fraction of sp³-hybridized carbons (Fsp3) is 0.400. The lowest BCUT2D eigenvalue weighted by molar-refractivity contribution is 0.0946. The van der Waals surface area contributed by atoms with Gasteiger partial charge in [-0.05, 0) is 56.9 Å². The van der Waals surface area contributed by atoms with Gasteiger partial charge in [0.2, 0.25) is 0 Å². The molecule has 2 aromatic rings. The number of hydrogen-bond donors (Lipinski definition) is 2. The third-order valence-corrected chi connectivity index (χ3v) is 4.00. The van der Waals surface area contributed by atoms with Gasteiger partial charge in [0.05, 0.1) is 14.2 Å². The number of carbonyl (C=O) groups is 1. The van der Waals surface area contributed by atoms with Crippen molar-refractivity contribution in [3.05, 3.63) is 47.8 Å². The van der Waals surface area contributed by atoms with Gasteiger partial charge >= 0.3 is 0 Å². The van der Waals surface area contributed by atoms with Crippen molar-refractivity contribution >= 4 is 11.6 Å². The summed E-state index contributed by atoms with van der Waals surface area (Å²) in [5.74, 6) is 1.07. The maximum absolute atomic E-state index is 12.4. The third-order valence-electron chi connectivity index (χ3n) is 4.00. The summed E-state index contributed by atoms with van der Waals surface area (Å²) in [6.45, 7) is 2.23. The number of carbonyl (C=O) groups excluding carboxylic acids is 1. The number of benzene rings is 1. The van der Waals surface area contributed by atoms with E-state index >= 15 is 0 Å². The quantitative estimate of drug-likeness (QED) is 0.624. The zero-order chi connectivity index (χ0) is 19.6. The highest BCUT2D eigenvalue weighted by molar-refractivity contribution is 5.93.